The van der Waals surface area contributed by atoms with Crippen molar-refractivity contribution in [2.24, 2.45) is 0 Å². The topological polar surface area (TPSA) is 38.7 Å². The van der Waals surface area contributed by atoms with Crippen molar-refractivity contribution in [1.82, 2.24) is 14.3 Å². The van der Waals surface area contributed by atoms with Crippen LogP contribution in [-0.4, -0.2) is 14.3 Å². The minimum absolute atomic E-state index is 0.517. The number of aryl methyl sites for hydroxylation is 3. The Morgan fingerprint density at radius 3 is 2.95 bits per heavy atom. The predicted molar refractivity (Wildman–Crippen MR) is 85.9 cm³/mol. The lowest BCUT2D eigenvalue weighted by atomic mass is 9.82. The van der Waals surface area contributed by atoms with E-state index < -0.39 is 0 Å². The van der Waals surface area contributed by atoms with E-state index in [0.29, 0.717) is 5.92 Å². The average Bonchev–Trinajstić information content (AvgIpc) is 2.89. The van der Waals surface area contributed by atoms with Crippen LogP contribution in [-0.2, 0) is 12.8 Å². The molecule has 0 fully saturated rings. The van der Waals surface area contributed by atoms with Crippen LogP contribution in [0.25, 0.3) is 10.2 Å². The summed E-state index contributed by atoms with van der Waals surface area (Å²) in [6.45, 7) is 4.31. The zero-order valence-corrected chi connectivity index (χ0v) is 13.1. The van der Waals surface area contributed by atoms with E-state index in [0.717, 1.165) is 29.8 Å². The summed E-state index contributed by atoms with van der Waals surface area (Å²) in [5.41, 5.74) is 6.40. The number of aromatic nitrogens is 3. The van der Waals surface area contributed by atoms with Gasteiger partial charge in [0.15, 0.2) is 0 Å². The molecule has 0 spiro atoms. The summed E-state index contributed by atoms with van der Waals surface area (Å²) < 4.78 is 4.47. The van der Waals surface area contributed by atoms with Crippen molar-refractivity contribution in [1.29, 1.82) is 0 Å². The summed E-state index contributed by atoms with van der Waals surface area (Å²) in [6.07, 6.45) is 5.13. The van der Waals surface area contributed by atoms with Crippen LogP contribution in [0.3, 0.4) is 0 Å². The second-order valence-corrected chi connectivity index (χ2v) is 6.56. The van der Waals surface area contributed by atoms with Crippen LogP contribution < -0.4 is 0 Å². The van der Waals surface area contributed by atoms with Gasteiger partial charge in [-0.15, -0.1) is 0 Å². The van der Waals surface area contributed by atoms with Crippen LogP contribution in [0.1, 0.15) is 40.5 Å². The van der Waals surface area contributed by atoms with Crippen molar-refractivity contribution in [3.05, 3.63) is 52.6 Å². The summed E-state index contributed by atoms with van der Waals surface area (Å²) in [7, 11) is 0. The molecule has 0 saturated heterocycles. The number of rotatable bonds is 1. The third-order valence-corrected chi connectivity index (χ3v) is 5.38. The first kappa shape index (κ1) is 12.9. The van der Waals surface area contributed by atoms with E-state index in [1.165, 1.54) is 39.4 Å². The maximum Gasteiger partial charge on any atom is 0.144 e. The molecule has 1 aliphatic carbocycles. The summed E-state index contributed by atoms with van der Waals surface area (Å²) >= 11 is 1.52. The highest BCUT2D eigenvalue weighted by Gasteiger charge is 2.25. The molecule has 0 radical (unpaired) electrons. The molecule has 4 rings (SSSR count). The van der Waals surface area contributed by atoms with Gasteiger partial charge in [-0.05, 0) is 67.9 Å². The van der Waals surface area contributed by atoms with Crippen LogP contribution in [0.15, 0.2) is 24.4 Å². The van der Waals surface area contributed by atoms with Crippen molar-refractivity contribution in [2.75, 3.05) is 0 Å². The molecule has 106 valence electrons. The van der Waals surface area contributed by atoms with Gasteiger partial charge in [-0.25, -0.2) is 4.98 Å². The van der Waals surface area contributed by atoms with Crippen molar-refractivity contribution >= 4 is 21.7 Å². The fraction of sp³-hybridized carbons (Fsp3) is 0.353. The van der Waals surface area contributed by atoms with E-state index in [2.05, 4.69) is 35.3 Å². The number of pyridine rings is 2. The molecule has 4 heteroatoms. The smallest absolute Gasteiger partial charge is 0.144 e. The van der Waals surface area contributed by atoms with Gasteiger partial charge in [0.2, 0.25) is 0 Å². The van der Waals surface area contributed by atoms with Gasteiger partial charge in [0, 0.05) is 28.9 Å². The quantitative estimate of drug-likeness (QED) is 0.681. The Bertz CT molecular complexity index is 808. The van der Waals surface area contributed by atoms with Crippen molar-refractivity contribution in [2.45, 2.75) is 39.0 Å². The van der Waals surface area contributed by atoms with Crippen LogP contribution in [0.2, 0.25) is 0 Å². The average molecular weight is 295 g/mol. The fourth-order valence-electron chi connectivity index (χ4n) is 3.43. The largest absolute Gasteiger partial charge is 0.261 e. The lowest BCUT2D eigenvalue weighted by Gasteiger charge is -2.25. The third-order valence-electron chi connectivity index (χ3n) is 4.54. The summed E-state index contributed by atoms with van der Waals surface area (Å²) in [5, 5.41) is 1.26. The molecule has 3 nitrogen and oxygen atoms in total. The third kappa shape index (κ3) is 2.05. The SMILES string of the molecule is Cc1nsc2nc3c(c(C)c12)CC(c1ccccn1)CC3. The minimum atomic E-state index is 0.517. The number of hydrogen-bond donors (Lipinski definition) is 0. The van der Waals surface area contributed by atoms with Gasteiger partial charge in [-0.2, -0.15) is 4.37 Å². The maximum absolute atomic E-state index is 4.86. The van der Waals surface area contributed by atoms with Gasteiger partial charge in [0.25, 0.3) is 0 Å². The first-order chi connectivity index (χ1) is 10.2. The minimum Gasteiger partial charge on any atom is -0.261 e. The van der Waals surface area contributed by atoms with Gasteiger partial charge in [0.1, 0.15) is 4.83 Å². The van der Waals surface area contributed by atoms with Crippen LogP contribution >= 0.6 is 11.5 Å². The van der Waals surface area contributed by atoms with E-state index in [1.807, 2.05) is 12.3 Å². The highest BCUT2D eigenvalue weighted by Crippen LogP contribution is 2.36. The molecule has 0 N–H and O–H groups in total. The first-order valence-electron chi connectivity index (χ1n) is 7.39. The Morgan fingerprint density at radius 2 is 2.14 bits per heavy atom. The molecular weight excluding hydrogens is 278 g/mol. The first-order valence-corrected chi connectivity index (χ1v) is 8.16. The highest BCUT2D eigenvalue weighted by atomic mass is 32.1. The molecule has 0 amide bonds. The lowest BCUT2D eigenvalue weighted by molar-refractivity contribution is 0.561. The molecule has 1 atom stereocenters. The van der Waals surface area contributed by atoms with E-state index in [4.69, 9.17) is 4.98 Å². The zero-order valence-electron chi connectivity index (χ0n) is 12.3. The second-order valence-electron chi connectivity index (χ2n) is 5.80. The van der Waals surface area contributed by atoms with Crippen molar-refractivity contribution in [3.63, 3.8) is 0 Å². The summed E-state index contributed by atoms with van der Waals surface area (Å²) in [6, 6.07) is 6.21. The predicted octanol–water partition coefficient (Wildman–Crippen LogP) is 3.98. The van der Waals surface area contributed by atoms with E-state index in [9.17, 15) is 0 Å². The van der Waals surface area contributed by atoms with Crippen molar-refractivity contribution < 1.29 is 0 Å². The molecule has 0 aromatic carbocycles. The number of hydrogen-bond acceptors (Lipinski definition) is 4. The van der Waals surface area contributed by atoms with Gasteiger partial charge >= 0.3 is 0 Å². The molecule has 0 saturated carbocycles. The molecule has 3 aromatic heterocycles. The summed E-state index contributed by atoms with van der Waals surface area (Å²) in [5.74, 6) is 0.517. The monoisotopic (exact) mass is 295 g/mol. The lowest BCUT2D eigenvalue weighted by Crippen LogP contribution is -2.16. The molecule has 0 aliphatic heterocycles. The Hall–Kier alpha value is -1.81. The van der Waals surface area contributed by atoms with Gasteiger partial charge in [-0.3, -0.25) is 4.98 Å². The van der Waals surface area contributed by atoms with Gasteiger partial charge < -0.3 is 0 Å². The molecular formula is C17H17N3S. The Kier molecular flexibility index (Phi) is 3.00. The van der Waals surface area contributed by atoms with E-state index in [-0.39, 0.29) is 0 Å². The Balaban J connectivity index is 1.81. The molecule has 3 aromatic rings. The maximum atomic E-state index is 4.86. The highest BCUT2D eigenvalue weighted by molar-refractivity contribution is 7.13. The second kappa shape index (κ2) is 4.88. The molecule has 1 aliphatic rings. The zero-order chi connectivity index (χ0) is 14.4. The van der Waals surface area contributed by atoms with Gasteiger partial charge in [0.05, 0.1) is 5.69 Å². The van der Waals surface area contributed by atoms with Crippen molar-refractivity contribution in [3.8, 4) is 0 Å². The molecule has 1 unspecified atom stereocenters. The summed E-state index contributed by atoms with van der Waals surface area (Å²) in [4.78, 5) is 10.5. The molecule has 21 heavy (non-hydrogen) atoms. The van der Waals surface area contributed by atoms with Crippen LogP contribution in [0.5, 0.6) is 0 Å². The molecule has 3 heterocycles. The van der Waals surface area contributed by atoms with E-state index >= 15 is 0 Å². The Labute approximate surface area is 128 Å². The van der Waals surface area contributed by atoms with Crippen LogP contribution in [0.4, 0.5) is 0 Å². The van der Waals surface area contributed by atoms with Gasteiger partial charge in [-0.1, -0.05) is 6.07 Å². The number of fused-ring (bicyclic) bond motifs is 2. The van der Waals surface area contributed by atoms with E-state index in [1.54, 1.807) is 0 Å². The normalized spacial score (nSPS) is 17.9. The van der Waals surface area contributed by atoms with Crippen LogP contribution in [0, 0.1) is 13.8 Å². The Morgan fingerprint density at radius 1 is 1.24 bits per heavy atom. The fourth-order valence-corrected chi connectivity index (χ4v) is 4.29. The standard InChI is InChI=1S/C17H17N3S/c1-10-13-9-12(14-5-3-4-8-18-14)6-7-15(13)19-17-16(10)11(2)20-21-17/h3-5,8,12H,6-7,9H2,1-2H3. The molecule has 0 bridgehead atoms. The number of nitrogens with zero attached hydrogens (tertiary/aromatic N) is 3.